The van der Waals surface area contributed by atoms with Crippen molar-refractivity contribution in [3.8, 4) is 0 Å². The number of aromatic nitrogens is 5. The molecule has 2 amide bonds. The van der Waals surface area contributed by atoms with E-state index in [0.717, 1.165) is 24.8 Å². The van der Waals surface area contributed by atoms with E-state index in [2.05, 4.69) is 31.0 Å². The highest BCUT2D eigenvalue weighted by molar-refractivity contribution is 5.97. The van der Waals surface area contributed by atoms with Crippen molar-refractivity contribution in [2.75, 3.05) is 0 Å². The lowest BCUT2D eigenvalue weighted by molar-refractivity contribution is 0.0900. The first-order chi connectivity index (χ1) is 13.1. The van der Waals surface area contributed by atoms with Gasteiger partial charge in [0, 0.05) is 30.9 Å². The summed E-state index contributed by atoms with van der Waals surface area (Å²) in [5.41, 5.74) is 2.34. The fourth-order valence-corrected chi connectivity index (χ4v) is 3.49. The number of nitrogens with one attached hydrogen (secondary N) is 3. The molecule has 0 aliphatic heterocycles. The summed E-state index contributed by atoms with van der Waals surface area (Å²) in [7, 11) is 1.83. The van der Waals surface area contributed by atoms with Crippen molar-refractivity contribution in [2.45, 2.75) is 37.8 Å². The topological polar surface area (TPSA) is 118 Å². The number of carbonyl (C=O) groups excluding carboxylic acids is 2. The number of rotatable bonds is 4. The Bertz CT molecular complexity index is 977. The monoisotopic (exact) mass is 367 g/mol. The molecular weight excluding hydrogens is 346 g/mol. The zero-order valence-corrected chi connectivity index (χ0v) is 15.0. The molecule has 0 bridgehead atoms. The van der Waals surface area contributed by atoms with Crippen molar-refractivity contribution in [3.05, 3.63) is 42.0 Å². The Hall–Kier alpha value is -3.23. The van der Waals surface area contributed by atoms with Gasteiger partial charge in [0.2, 0.25) is 0 Å². The Labute approximate surface area is 155 Å². The van der Waals surface area contributed by atoms with Gasteiger partial charge in [0.15, 0.2) is 0 Å². The van der Waals surface area contributed by atoms with Gasteiger partial charge in [0.1, 0.15) is 16.7 Å². The second-order valence-electron chi connectivity index (χ2n) is 6.96. The van der Waals surface area contributed by atoms with E-state index >= 15 is 0 Å². The number of H-pyrrole nitrogens is 1. The zero-order chi connectivity index (χ0) is 18.8. The molecule has 140 valence electrons. The molecule has 1 saturated carbocycles. The molecule has 1 fully saturated rings. The first-order valence-corrected chi connectivity index (χ1v) is 8.99. The highest BCUT2D eigenvalue weighted by Crippen LogP contribution is 2.20. The molecule has 27 heavy (non-hydrogen) atoms. The standard InChI is InChI=1S/C18H21N7O2/c1-25-9-16(19-10-25)18(27)21-13-4-2-3-12(8-13)20-17(26)11-5-6-14-15(7-11)23-24-22-14/h5-7,9-10,12-13H,2-4,8H2,1H3,(H,20,26)(H,21,27)(H,22,23,24)/t12-,13-/m1/s1. The number of benzene rings is 1. The maximum absolute atomic E-state index is 12.6. The minimum atomic E-state index is -0.177. The lowest BCUT2D eigenvalue weighted by atomic mass is 9.90. The van der Waals surface area contributed by atoms with Crippen molar-refractivity contribution in [1.29, 1.82) is 0 Å². The number of carbonyl (C=O) groups is 2. The number of aromatic amines is 1. The highest BCUT2D eigenvalue weighted by Gasteiger charge is 2.25. The van der Waals surface area contributed by atoms with E-state index in [4.69, 9.17) is 0 Å². The van der Waals surface area contributed by atoms with Crippen LogP contribution in [0.2, 0.25) is 0 Å². The van der Waals surface area contributed by atoms with E-state index in [0.29, 0.717) is 23.2 Å². The Morgan fingerprint density at radius 1 is 1.11 bits per heavy atom. The van der Waals surface area contributed by atoms with Crippen LogP contribution in [-0.4, -0.2) is 48.9 Å². The molecular formula is C18H21N7O2. The zero-order valence-electron chi connectivity index (χ0n) is 15.0. The third kappa shape index (κ3) is 3.81. The lowest BCUT2D eigenvalue weighted by Gasteiger charge is -2.30. The number of hydrogen-bond donors (Lipinski definition) is 3. The van der Waals surface area contributed by atoms with Crippen LogP contribution in [0.5, 0.6) is 0 Å². The van der Waals surface area contributed by atoms with Crippen molar-refractivity contribution < 1.29 is 9.59 Å². The Morgan fingerprint density at radius 2 is 1.85 bits per heavy atom. The third-order valence-electron chi connectivity index (χ3n) is 4.86. The minimum absolute atomic E-state index is 0.0216. The number of fused-ring (bicyclic) bond motifs is 1. The average molecular weight is 367 g/mol. The van der Waals surface area contributed by atoms with Crippen LogP contribution in [0.4, 0.5) is 0 Å². The number of amides is 2. The molecule has 3 aromatic rings. The van der Waals surface area contributed by atoms with Gasteiger partial charge in [0.25, 0.3) is 11.8 Å². The number of imidazole rings is 1. The van der Waals surface area contributed by atoms with Crippen LogP contribution in [0.25, 0.3) is 11.0 Å². The van der Waals surface area contributed by atoms with Gasteiger partial charge in [0.05, 0.1) is 6.33 Å². The second kappa shape index (κ2) is 7.18. The molecule has 0 radical (unpaired) electrons. The molecule has 2 heterocycles. The van der Waals surface area contributed by atoms with Crippen molar-refractivity contribution in [1.82, 2.24) is 35.6 Å². The van der Waals surface area contributed by atoms with Gasteiger partial charge in [-0.2, -0.15) is 15.4 Å². The molecule has 0 unspecified atom stereocenters. The summed E-state index contributed by atoms with van der Waals surface area (Å²) < 4.78 is 1.74. The maximum Gasteiger partial charge on any atom is 0.271 e. The van der Waals surface area contributed by atoms with Crippen LogP contribution in [0.3, 0.4) is 0 Å². The van der Waals surface area contributed by atoms with Gasteiger partial charge in [-0.3, -0.25) is 9.59 Å². The van der Waals surface area contributed by atoms with E-state index in [1.165, 1.54) is 0 Å². The van der Waals surface area contributed by atoms with Gasteiger partial charge in [-0.15, -0.1) is 0 Å². The molecule has 2 atom stereocenters. The highest BCUT2D eigenvalue weighted by atomic mass is 16.2. The van der Waals surface area contributed by atoms with Crippen LogP contribution in [0, 0.1) is 0 Å². The summed E-state index contributed by atoms with van der Waals surface area (Å²) in [6, 6.07) is 5.27. The molecule has 2 aromatic heterocycles. The first-order valence-electron chi connectivity index (χ1n) is 8.99. The van der Waals surface area contributed by atoms with Crippen LogP contribution < -0.4 is 10.6 Å². The quantitative estimate of drug-likeness (QED) is 0.640. The molecule has 9 heteroatoms. The fourth-order valence-electron chi connectivity index (χ4n) is 3.49. The van der Waals surface area contributed by atoms with E-state index in [1.807, 2.05) is 7.05 Å². The lowest BCUT2D eigenvalue weighted by Crippen LogP contribution is -2.45. The van der Waals surface area contributed by atoms with Crippen LogP contribution in [-0.2, 0) is 7.05 Å². The van der Waals surface area contributed by atoms with Crippen LogP contribution >= 0.6 is 0 Å². The van der Waals surface area contributed by atoms with Crippen molar-refractivity contribution in [2.24, 2.45) is 7.05 Å². The molecule has 4 rings (SSSR count). The van der Waals surface area contributed by atoms with E-state index in [9.17, 15) is 9.59 Å². The molecule has 3 N–H and O–H groups in total. The summed E-state index contributed by atoms with van der Waals surface area (Å²) >= 11 is 0. The second-order valence-corrected chi connectivity index (χ2v) is 6.96. The van der Waals surface area contributed by atoms with Gasteiger partial charge >= 0.3 is 0 Å². The average Bonchev–Trinajstić information content (AvgIpc) is 3.30. The molecule has 9 nitrogen and oxygen atoms in total. The maximum atomic E-state index is 12.6. The molecule has 0 saturated heterocycles. The molecule has 1 aliphatic carbocycles. The number of aryl methyl sites for hydroxylation is 1. The van der Waals surface area contributed by atoms with Gasteiger partial charge in [-0.1, -0.05) is 0 Å². The molecule has 1 aliphatic rings. The van der Waals surface area contributed by atoms with Gasteiger partial charge in [-0.05, 0) is 43.9 Å². The Morgan fingerprint density at radius 3 is 2.59 bits per heavy atom. The first kappa shape index (κ1) is 17.2. The van der Waals surface area contributed by atoms with Gasteiger partial charge in [-0.25, -0.2) is 4.98 Å². The summed E-state index contributed by atoms with van der Waals surface area (Å²) in [6.07, 6.45) is 6.74. The normalized spacial score (nSPS) is 19.7. The summed E-state index contributed by atoms with van der Waals surface area (Å²) in [5.74, 6) is -0.314. The number of nitrogens with zero attached hydrogens (tertiary/aromatic N) is 4. The minimum Gasteiger partial charge on any atom is -0.349 e. The summed E-state index contributed by atoms with van der Waals surface area (Å²) in [4.78, 5) is 28.9. The number of hydrogen-bond acceptors (Lipinski definition) is 5. The fraction of sp³-hybridized carbons (Fsp3) is 0.389. The van der Waals surface area contributed by atoms with E-state index in [-0.39, 0.29) is 23.9 Å². The molecule has 1 aromatic carbocycles. The van der Waals surface area contributed by atoms with Crippen molar-refractivity contribution >= 4 is 22.8 Å². The van der Waals surface area contributed by atoms with E-state index < -0.39 is 0 Å². The Balaban J connectivity index is 1.36. The summed E-state index contributed by atoms with van der Waals surface area (Å²) in [5, 5.41) is 16.6. The predicted octanol–water partition coefficient (Wildman–Crippen LogP) is 1.16. The van der Waals surface area contributed by atoms with E-state index in [1.54, 1.807) is 35.3 Å². The van der Waals surface area contributed by atoms with Crippen LogP contribution in [0.15, 0.2) is 30.7 Å². The summed E-state index contributed by atoms with van der Waals surface area (Å²) in [6.45, 7) is 0. The van der Waals surface area contributed by atoms with Crippen LogP contribution in [0.1, 0.15) is 46.5 Å². The molecule has 0 spiro atoms. The Kier molecular flexibility index (Phi) is 4.57. The SMILES string of the molecule is Cn1cnc(C(=O)N[C@@H]2CCC[C@@H](NC(=O)c3ccc4n[nH]nc4c3)C2)c1. The smallest absolute Gasteiger partial charge is 0.271 e. The largest absolute Gasteiger partial charge is 0.349 e. The third-order valence-corrected chi connectivity index (χ3v) is 4.86. The van der Waals surface area contributed by atoms with Gasteiger partial charge < -0.3 is 15.2 Å². The van der Waals surface area contributed by atoms with Crippen molar-refractivity contribution in [3.63, 3.8) is 0 Å². The predicted molar refractivity (Wildman–Crippen MR) is 98.1 cm³/mol.